The second kappa shape index (κ2) is 6.92. The van der Waals surface area contributed by atoms with Crippen molar-refractivity contribution in [2.45, 2.75) is 50.0 Å². The first kappa shape index (κ1) is 17.7. The highest BCUT2D eigenvalue weighted by molar-refractivity contribution is 5.90. The summed E-state index contributed by atoms with van der Waals surface area (Å²) in [6, 6.07) is 8.34. The summed E-state index contributed by atoms with van der Waals surface area (Å²) in [5, 5.41) is 4.13. The van der Waals surface area contributed by atoms with E-state index in [2.05, 4.69) is 28.5 Å². The number of hydrogen-bond acceptors (Lipinski definition) is 3. The van der Waals surface area contributed by atoms with Crippen molar-refractivity contribution in [3.8, 4) is 0 Å². The maximum Gasteiger partial charge on any atom is 0.231 e. The fourth-order valence-electron chi connectivity index (χ4n) is 5.20. The number of aromatic amines is 1. The Balaban J connectivity index is 1.34. The van der Waals surface area contributed by atoms with Gasteiger partial charge in [0.05, 0.1) is 24.5 Å². The number of rotatable bonds is 1. The third kappa shape index (κ3) is 3.00. The first-order valence-electron chi connectivity index (χ1n) is 10.4. The lowest BCUT2D eigenvalue weighted by molar-refractivity contribution is -0.141. The van der Waals surface area contributed by atoms with Crippen molar-refractivity contribution < 1.29 is 14.3 Å². The van der Waals surface area contributed by atoms with Gasteiger partial charge in [0.15, 0.2) is 0 Å². The summed E-state index contributed by atoms with van der Waals surface area (Å²) in [6.07, 6.45) is 4.86. The van der Waals surface area contributed by atoms with Crippen LogP contribution in [0.3, 0.4) is 0 Å². The SMILES string of the molecule is O=C1CC2(CCN(C(=O)C3CCCc4c3[nH]c3ccccc43)CC2)OCCN1. The Morgan fingerprint density at radius 2 is 2.04 bits per heavy atom. The Bertz CT molecular complexity index is 911. The van der Waals surface area contributed by atoms with E-state index in [0.29, 0.717) is 32.7 Å². The third-order valence-corrected chi connectivity index (χ3v) is 6.71. The van der Waals surface area contributed by atoms with Crippen molar-refractivity contribution >= 4 is 22.7 Å². The van der Waals surface area contributed by atoms with Crippen molar-refractivity contribution in [1.29, 1.82) is 0 Å². The fraction of sp³-hybridized carbons (Fsp3) is 0.545. The van der Waals surface area contributed by atoms with Crippen LogP contribution in [-0.4, -0.2) is 53.5 Å². The van der Waals surface area contributed by atoms with Crippen molar-refractivity contribution in [2.75, 3.05) is 26.2 Å². The van der Waals surface area contributed by atoms with Crippen LogP contribution in [0.1, 0.15) is 49.3 Å². The summed E-state index contributed by atoms with van der Waals surface area (Å²) in [6.45, 7) is 2.46. The molecule has 2 N–H and O–H groups in total. The Hall–Kier alpha value is -2.34. The molecule has 1 spiro atoms. The van der Waals surface area contributed by atoms with Gasteiger partial charge in [0.2, 0.25) is 11.8 Å². The average Bonchev–Trinajstić information content (AvgIpc) is 3.00. The summed E-state index contributed by atoms with van der Waals surface area (Å²) >= 11 is 0. The molecule has 3 heterocycles. The maximum absolute atomic E-state index is 13.4. The van der Waals surface area contributed by atoms with Crippen LogP contribution in [0.25, 0.3) is 10.9 Å². The van der Waals surface area contributed by atoms with Gasteiger partial charge < -0.3 is 19.9 Å². The number of nitrogens with one attached hydrogen (secondary N) is 2. The van der Waals surface area contributed by atoms with E-state index in [4.69, 9.17) is 4.74 Å². The van der Waals surface area contributed by atoms with Crippen LogP contribution < -0.4 is 5.32 Å². The second-order valence-corrected chi connectivity index (χ2v) is 8.39. The number of ether oxygens (including phenoxy) is 1. The summed E-state index contributed by atoms with van der Waals surface area (Å²) in [5.74, 6) is 0.205. The number of nitrogens with zero attached hydrogens (tertiary/aromatic N) is 1. The molecular weight excluding hydrogens is 354 g/mol. The van der Waals surface area contributed by atoms with E-state index in [1.54, 1.807) is 0 Å². The number of carbonyl (C=O) groups excluding carboxylic acids is 2. The molecule has 2 saturated heterocycles. The van der Waals surface area contributed by atoms with Crippen LogP contribution in [0.15, 0.2) is 24.3 Å². The van der Waals surface area contributed by atoms with Crippen molar-refractivity contribution in [3.05, 3.63) is 35.5 Å². The van der Waals surface area contributed by atoms with Crippen LogP contribution in [-0.2, 0) is 20.7 Å². The van der Waals surface area contributed by atoms with E-state index < -0.39 is 5.60 Å². The number of likely N-dealkylation sites (tertiary alicyclic amines) is 1. The molecular formula is C22H27N3O3. The van der Waals surface area contributed by atoms with E-state index in [9.17, 15) is 9.59 Å². The Labute approximate surface area is 164 Å². The van der Waals surface area contributed by atoms with Crippen molar-refractivity contribution in [1.82, 2.24) is 15.2 Å². The highest BCUT2D eigenvalue weighted by atomic mass is 16.5. The number of aryl methyl sites for hydroxylation is 1. The number of amides is 2. The topological polar surface area (TPSA) is 74.4 Å². The first-order chi connectivity index (χ1) is 13.7. The van der Waals surface area contributed by atoms with E-state index >= 15 is 0 Å². The standard InChI is InChI=1S/C22H27N3O3/c26-19-14-22(28-13-10-23-19)8-11-25(12-9-22)21(27)17-6-3-5-16-15-4-1-2-7-18(15)24-20(16)17/h1-2,4,7,17,24H,3,5-6,8-14H2,(H,23,26). The Morgan fingerprint density at radius 3 is 2.89 bits per heavy atom. The van der Waals surface area contributed by atoms with Gasteiger partial charge in [0, 0.05) is 36.2 Å². The minimum Gasteiger partial charge on any atom is -0.372 e. The average molecular weight is 381 g/mol. The molecule has 6 heteroatoms. The number of piperidine rings is 1. The fourth-order valence-corrected chi connectivity index (χ4v) is 5.20. The summed E-state index contributed by atoms with van der Waals surface area (Å²) < 4.78 is 6.04. The molecule has 0 radical (unpaired) electrons. The van der Waals surface area contributed by atoms with Crippen molar-refractivity contribution in [3.63, 3.8) is 0 Å². The lowest BCUT2D eigenvalue weighted by atomic mass is 9.83. The quantitative estimate of drug-likeness (QED) is 0.797. The van der Waals surface area contributed by atoms with Crippen LogP contribution in [0.2, 0.25) is 0 Å². The lowest BCUT2D eigenvalue weighted by Crippen LogP contribution is -2.50. The molecule has 0 bridgehead atoms. The largest absolute Gasteiger partial charge is 0.372 e. The van der Waals surface area contributed by atoms with E-state index in [1.165, 1.54) is 10.9 Å². The van der Waals surface area contributed by atoms with E-state index in [1.807, 2.05) is 11.0 Å². The molecule has 1 aromatic heterocycles. The number of aromatic nitrogens is 1. The molecule has 3 aliphatic rings. The monoisotopic (exact) mass is 381 g/mol. The number of fused-ring (bicyclic) bond motifs is 3. The molecule has 1 atom stereocenters. The summed E-state index contributed by atoms with van der Waals surface area (Å²) in [7, 11) is 0. The Morgan fingerprint density at radius 1 is 1.21 bits per heavy atom. The molecule has 28 heavy (non-hydrogen) atoms. The van der Waals surface area contributed by atoms with Gasteiger partial charge >= 0.3 is 0 Å². The zero-order chi connectivity index (χ0) is 19.1. The Kier molecular flexibility index (Phi) is 4.38. The smallest absolute Gasteiger partial charge is 0.231 e. The van der Waals surface area contributed by atoms with Gasteiger partial charge in [-0.2, -0.15) is 0 Å². The number of para-hydroxylation sites is 1. The van der Waals surface area contributed by atoms with Gasteiger partial charge in [0.1, 0.15) is 0 Å². The molecule has 2 amide bonds. The zero-order valence-electron chi connectivity index (χ0n) is 16.1. The highest BCUT2D eigenvalue weighted by Crippen LogP contribution is 2.38. The van der Waals surface area contributed by atoms with Crippen LogP contribution >= 0.6 is 0 Å². The first-order valence-corrected chi connectivity index (χ1v) is 10.4. The molecule has 1 aliphatic carbocycles. The third-order valence-electron chi connectivity index (χ3n) is 6.71. The molecule has 2 fully saturated rings. The second-order valence-electron chi connectivity index (χ2n) is 8.39. The van der Waals surface area contributed by atoms with E-state index in [0.717, 1.165) is 43.3 Å². The predicted molar refractivity (Wildman–Crippen MR) is 106 cm³/mol. The van der Waals surface area contributed by atoms with Gasteiger partial charge in [-0.15, -0.1) is 0 Å². The van der Waals surface area contributed by atoms with E-state index in [-0.39, 0.29) is 17.7 Å². The summed E-state index contributed by atoms with van der Waals surface area (Å²) in [4.78, 5) is 30.9. The molecule has 1 unspecified atom stereocenters. The molecule has 2 aliphatic heterocycles. The molecule has 2 aromatic rings. The lowest BCUT2D eigenvalue weighted by Gasteiger charge is -2.41. The normalized spacial score (nSPS) is 24.6. The van der Waals surface area contributed by atoms with Crippen LogP contribution in [0.4, 0.5) is 0 Å². The van der Waals surface area contributed by atoms with Crippen molar-refractivity contribution in [2.24, 2.45) is 0 Å². The van der Waals surface area contributed by atoms with Gasteiger partial charge in [0.25, 0.3) is 0 Å². The van der Waals surface area contributed by atoms with Crippen LogP contribution in [0, 0.1) is 0 Å². The predicted octanol–water partition coefficient (Wildman–Crippen LogP) is 2.49. The molecule has 1 aromatic carbocycles. The number of hydrogen-bond donors (Lipinski definition) is 2. The zero-order valence-corrected chi connectivity index (χ0v) is 16.1. The number of H-pyrrole nitrogens is 1. The van der Waals surface area contributed by atoms with Gasteiger partial charge in [-0.05, 0) is 43.7 Å². The minimum absolute atomic E-state index is 0.0623. The minimum atomic E-state index is -0.393. The molecule has 148 valence electrons. The number of carbonyl (C=O) groups is 2. The molecule has 0 saturated carbocycles. The summed E-state index contributed by atoms with van der Waals surface area (Å²) in [5.41, 5.74) is 3.17. The molecule has 6 nitrogen and oxygen atoms in total. The van der Waals surface area contributed by atoms with Gasteiger partial charge in [-0.1, -0.05) is 18.2 Å². The molecule has 5 rings (SSSR count). The van der Waals surface area contributed by atoms with Gasteiger partial charge in [-0.3, -0.25) is 9.59 Å². The maximum atomic E-state index is 13.4. The van der Waals surface area contributed by atoms with Gasteiger partial charge in [-0.25, -0.2) is 0 Å². The number of benzene rings is 1. The highest BCUT2D eigenvalue weighted by Gasteiger charge is 2.41. The van der Waals surface area contributed by atoms with Crippen LogP contribution in [0.5, 0.6) is 0 Å².